The second-order valence-corrected chi connectivity index (χ2v) is 6.91. The molecule has 1 heterocycles. The molecule has 1 aliphatic rings. The summed E-state index contributed by atoms with van der Waals surface area (Å²) in [4.78, 5) is 25.9. The second-order valence-electron chi connectivity index (χ2n) is 6.91. The number of rotatable bonds is 6. The highest BCUT2D eigenvalue weighted by molar-refractivity contribution is 6.00. The molecule has 0 fully saturated rings. The molecule has 3 aromatic carbocycles. The molecule has 1 aliphatic heterocycles. The zero-order chi connectivity index (χ0) is 21.6. The maximum Gasteiger partial charge on any atom is 0.338 e. The maximum atomic E-state index is 13.0. The molecule has 4 rings (SSSR count). The van der Waals surface area contributed by atoms with E-state index >= 15 is 0 Å². The van der Waals surface area contributed by atoms with Crippen LogP contribution in [-0.4, -0.2) is 25.6 Å². The number of para-hydroxylation sites is 1. The number of esters is 1. The van der Waals surface area contributed by atoms with Gasteiger partial charge in [-0.05, 0) is 24.3 Å². The number of benzene rings is 3. The highest BCUT2D eigenvalue weighted by Crippen LogP contribution is 2.28. The Kier molecular flexibility index (Phi) is 5.98. The molecule has 1 amide bonds. The monoisotopic (exact) mass is 415 g/mol. The minimum Gasteiger partial charge on any atom is -0.497 e. The normalized spacial score (nSPS) is 13.1. The van der Waals surface area contributed by atoms with Crippen molar-refractivity contribution in [1.82, 2.24) is 0 Å². The molecule has 31 heavy (non-hydrogen) atoms. The highest BCUT2D eigenvalue weighted by atomic mass is 16.6. The average molecular weight is 415 g/mol. The van der Waals surface area contributed by atoms with Crippen LogP contribution in [0.1, 0.15) is 17.2 Å². The van der Waals surface area contributed by atoms with Crippen molar-refractivity contribution >= 4 is 23.6 Å². The van der Waals surface area contributed by atoms with Gasteiger partial charge in [0.05, 0.1) is 12.7 Å². The van der Waals surface area contributed by atoms with E-state index in [1.54, 1.807) is 61.7 Å². The van der Waals surface area contributed by atoms with E-state index in [0.29, 0.717) is 28.3 Å². The Morgan fingerprint density at radius 2 is 1.74 bits per heavy atom. The average Bonchev–Trinajstić information content (AvgIpc) is 2.82. The predicted molar refractivity (Wildman–Crippen MR) is 117 cm³/mol. The number of hydrogen-bond donors (Lipinski definition) is 1. The fourth-order valence-corrected chi connectivity index (χ4v) is 3.23. The Bertz CT molecular complexity index is 1120. The molecule has 0 bridgehead atoms. The summed E-state index contributed by atoms with van der Waals surface area (Å²) in [6, 6.07) is 23.3. The van der Waals surface area contributed by atoms with Gasteiger partial charge in [-0.25, -0.2) is 4.79 Å². The number of carbonyl (C=O) groups is 2. The van der Waals surface area contributed by atoms with Crippen LogP contribution in [0, 0.1) is 0 Å². The molecule has 6 heteroatoms. The number of amides is 1. The van der Waals surface area contributed by atoms with Gasteiger partial charge in [0.2, 0.25) is 6.10 Å². The summed E-state index contributed by atoms with van der Waals surface area (Å²) in [5.74, 6) is 0.235. The van der Waals surface area contributed by atoms with E-state index in [9.17, 15) is 9.59 Å². The van der Waals surface area contributed by atoms with E-state index in [2.05, 4.69) is 5.32 Å². The standard InChI is InChI=1S/C25H21NO5/c1-29-21-12-7-11-20(15-21)26-24(27)23(17-8-3-2-4-9-17)31-25(28)19-14-18-10-5-6-13-22(18)30-16-19/h2-15,23H,16H2,1H3,(H,26,27)/t23-/m0/s1. The van der Waals surface area contributed by atoms with Gasteiger partial charge < -0.3 is 19.5 Å². The van der Waals surface area contributed by atoms with E-state index in [0.717, 1.165) is 5.56 Å². The minimum atomic E-state index is -1.13. The van der Waals surface area contributed by atoms with Gasteiger partial charge in [0.15, 0.2) is 0 Å². The lowest BCUT2D eigenvalue weighted by Gasteiger charge is -2.21. The van der Waals surface area contributed by atoms with Gasteiger partial charge in [-0.1, -0.05) is 54.6 Å². The minimum absolute atomic E-state index is 0.0782. The fraction of sp³-hybridized carbons (Fsp3) is 0.120. The van der Waals surface area contributed by atoms with Crippen LogP contribution in [0.4, 0.5) is 5.69 Å². The van der Waals surface area contributed by atoms with Gasteiger partial charge in [-0.2, -0.15) is 0 Å². The van der Waals surface area contributed by atoms with Gasteiger partial charge in [0, 0.05) is 22.9 Å². The summed E-state index contributed by atoms with van der Waals surface area (Å²) in [6.45, 7) is 0.0782. The molecule has 1 atom stereocenters. The molecule has 0 aliphatic carbocycles. The summed E-state index contributed by atoms with van der Waals surface area (Å²) in [7, 11) is 1.55. The smallest absolute Gasteiger partial charge is 0.338 e. The highest BCUT2D eigenvalue weighted by Gasteiger charge is 2.28. The van der Waals surface area contributed by atoms with Crippen LogP contribution in [0.25, 0.3) is 6.08 Å². The van der Waals surface area contributed by atoms with Crippen molar-refractivity contribution in [2.24, 2.45) is 0 Å². The summed E-state index contributed by atoms with van der Waals surface area (Å²) in [5, 5.41) is 2.79. The molecular formula is C25H21NO5. The van der Waals surface area contributed by atoms with Crippen molar-refractivity contribution in [2.75, 3.05) is 19.0 Å². The number of nitrogens with one attached hydrogen (secondary N) is 1. The Hall–Kier alpha value is -4.06. The number of methoxy groups -OCH3 is 1. The van der Waals surface area contributed by atoms with Crippen LogP contribution in [0.5, 0.6) is 11.5 Å². The summed E-state index contributed by atoms with van der Waals surface area (Å²) < 4.78 is 16.5. The molecule has 3 aromatic rings. The zero-order valence-electron chi connectivity index (χ0n) is 16.9. The summed E-state index contributed by atoms with van der Waals surface area (Å²) in [6.07, 6.45) is 0.599. The third-order valence-corrected chi connectivity index (χ3v) is 4.80. The summed E-state index contributed by atoms with van der Waals surface area (Å²) >= 11 is 0. The lowest BCUT2D eigenvalue weighted by Crippen LogP contribution is -2.27. The molecule has 0 unspecified atom stereocenters. The van der Waals surface area contributed by atoms with Crippen molar-refractivity contribution in [2.45, 2.75) is 6.10 Å². The molecule has 1 N–H and O–H groups in total. The number of fused-ring (bicyclic) bond motifs is 1. The lowest BCUT2D eigenvalue weighted by atomic mass is 10.1. The van der Waals surface area contributed by atoms with Crippen molar-refractivity contribution in [3.05, 3.63) is 95.6 Å². The van der Waals surface area contributed by atoms with Crippen LogP contribution in [-0.2, 0) is 14.3 Å². The largest absolute Gasteiger partial charge is 0.497 e. The third-order valence-electron chi connectivity index (χ3n) is 4.80. The van der Waals surface area contributed by atoms with Crippen molar-refractivity contribution in [3.63, 3.8) is 0 Å². The molecular weight excluding hydrogens is 394 g/mol. The number of ether oxygens (including phenoxy) is 3. The number of carbonyl (C=O) groups excluding carboxylic acids is 2. The molecule has 0 radical (unpaired) electrons. The Morgan fingerprint density at radius 1 is 0.968 bits per heavy atom. The maximum absolute atomic E-state index is 13.0. The van der Waals surface area contributed by atoms with Gasteiger partial charge in [0.1, 0.15) is 18.1 Å². The second kappa shape index (κ2) is 9.17. The van der Waals surface area contributed by atoms with Crippen molar-refractivity contribution in [1.29, 1.82) is 0 Å². The van der Waals surface area contributed by atoms with Crippen LogP contribution < -0.4 is 14.8 Å². The Morgan fingerprint density at radius 3 is 2.55 bits per heavy atom. The molecule has 0 spiro atoms. The van der Waals surface area contributed by atoms with E-state index in [1.165, 1.54) is 0 Å². The fourth-order valence-electron chi connectivity index (χ4n) is 3.23. The topological polar surface area (TPSA) is 73.9 Å². The molecule has 6 nitrogen and oxygen atoms in total. The van der Waals surface area contributed by atoms with Crippen LogP contribution in [0.3, 0.4) is 0 Å². The molecule has 156 valence electrons. The summed E-state index contributed by atoms with van der Waals surface area (Å²) in [5.41, 5.74) is 2.23. The number of hydrogen-bond acceptors (Lipinski definition) is 5. The molecule has 0 saturated carbocycles. The first-order valence-electron chi connectivity index (χ1n) is 9.77. The van der Waals surface area contributed by atoms with Crippen LogP contribution >= 0.6 is 0 Å². The Balaban J connectivity index is 1.56. The zero-order valence-corrected chi connectivity index (χ0v) is 16.9. The van der Waals surface area contributed by atoms with Crippen molar-refractivity contribution in [3.8, 4) is 11.5 Å². The lowest BCUT2D eigenvalue weighted by molar-refractivity contribution is -0.151. The Labute approximate surface area is 180 Å². The van der Waals surface area contributed by atoms with E-state index in [-0.39, 0.29) is 6.61 Å². The molecule has 0 aromatic heterocycles. The van der Waals surface area contributed by atoms with Gasteiger partial charge in [-0.3, -0.25) is 4.79 Å². The molecule has 0 saturated heterocycles. The first-order chi connectivity index (χ1) is 15.1. The quantitative estimate of drug-likeness (QED) is 0.605. The van der Waals surface area contributed by atoms with E-state index in [4.69, 9.17) is 14.2 Å². The SMILES string of the molecule is COc1cccc(NC(=O)[C@@H](OC(=O)C2=Cc3ccccc3OC2)c2ccccc2)c1. The van der Waals surface area contributed by atoms with Gasteiger partial charge in [0.25, 0.3) is 5.91 Å². The first-order valence-corrected chi connectivity index (χ1v) is 9.77. The van der Waals surface area contributed by atoms with E-state index in [1.807, 2.05) is 30.3 Å². The third kappa shape index (κ3) is 4.75. The number of anilines is 1. The first kappa shape index (κ1) is 20.2. The van der Waals surface area contributed by atoms with E-state index < -0.39 is 18.0 Å². The van der Waals surface area contributed by atoms with Crippen LogP contribution in [0.2, 0.25) is 0 Å². The van der Waals surface area contributed by atoms with Gasteiger partial charge in [-0.15, -0.1) is 0 Å². The van der Waals surface area contributed by atoms with Crippen LogP contribution in [0.15, 0.2) is 84.4 Å². The van der Waals surface area contributed by atoms with Gasteiger partial charge >= 0.3 is 5.97 Å². The predicted octanol–water partition coefficient (Wildman–Crippen LogP) is 4.39. The van der Waals surface area contributed by atoms with Crippen molar-refractivity contribution < 1.29 is 23.8 Å².